The van der Waals surface area contributed by atoms with Gasteiger partial charge in [0, 0.05) is 17.9 Å². The standard InChI is InChI=1S/C15H22N2O2/c1-11-9-14(13(10-16-11)15(18)19)17-12-7-5-3-2-4-6-8-12/h9-10,12H,2-8H2,1H3,(H,16,17)(H,18,19). The molecule has 0 bridgehead atoms. The Kier molecular flexibility index (Phi) is 4.77. The molecule has 0 spiro atoms. The highest BCUT2D eigenvalue weighted by molar-refractivity contribution is 5.93. The number of carbonyl (C=O) groups is 1. The fourth-order valence-corrected chi connectivity index (χ4v) is 2.67. The minimum atomic E-state index is -0.916. The SMILES string of the molecule is Cc1cc(NC2CCCCCCC2)c(C(=O)O)cn1. The minimum Gasteiger partial charge on any atom is -0.478 e. The van der Waals surface area contributed by atoms with Crippen LogP contribution >= 0.6 is 0 Å². The number of carboxylic acid groups (broad SMARTS) is 1. The molecular formula is C15H22N2O2. The topological polar surface area (TPSA) is 62.2 Å². The molecule has 0 amide bonds. The van der Waals surface area contributed by atoms with Crippen LogP contribution in [0, 0.1) is 6.92 Å². The number of anilines is 1. The number of rotatable bonds is 3. The van der Waals surface area contributed by atoms with Crippen molar-refractivity contribution < 1.29 is 9.90 Å². The average molecular weight is 262 g/mol. The van der Waals surface area contributed by atoms with E-state index in [1.807, 2.05) is 13.0 Å². The van der Waals surface area contributed by atoms with Crippen LogP contribution in [0.4, 0.5) is 5.69 Å². The highest BCUT2D eigenvalue weighted by atomic mass is 16.4. The maximum Gasteiger partial charge on any atom is 0.339 e. The molecule has 104 valence electrons. The van der Waals surface area contributed by atoms with Gasteiger partial charge in [-0.15, -0.1) is 0 Å². The van der Waals surface area contributed by atoms with Gasteiger partial charge in [-0.2, -0.15) is 0 Å². The molecule has 4 heteroatoms. The van der Waals surface area contributed by atoms with Crippen molar-refractivity contribution in [3.05, 3.63) is 23.5 Å². The molecule has 0 saturated heterocycles. The molecule has 0 aromatic carbocycles. The van der Waals surface area contributed by atoms with E-state index in [0.29, 0.717) is 11.7 Å². The van der Waals surface area contributed by atoms with E-state index < -0.39 is 5.97 Å². The van der Waals surface area contributed by atoms with Gasteiger partial charge in [0.15, 0.2) is 0 Å². The summed E-state index contributed by atoms with van der Waals surface area (Å²) in [5, 5.41) is 12.6. The van der Waals surface area contributed by atoms with Crippen molar-refractivity contribution in [1.82, 2.24) is 4.98 Å². The first kappa shape index (κ1) is 13.8. The van der Waals surface area contributed by atoms with Gasteiger partial charge in [-0.25, -0.2) is 4.79 Å². The first-order valence-electron chi connectivity index (χ1n) is 7.13. The molecule has 1 aromatic rings. The smallest absolute Gasteiger partial charge is 0.339 e. The van der Waals surface area contributed by atoms with E-state index in [-0.39, 0.29) is 5.56 Å². The molecule has 2 rings (SSSR count). The van der Waals surface area contributed by atoms with Crippen molar-refractivity contribution in [2.45, 2.75) is 57.9 Å². The van der Waals surface area contributed by atoms with Crippen molar-refractivity contribution in [2.75, 3.05) is 5.32 Å². The predicted molar refractivity (Wildman–Crippen MR) is 75.7 cm³/mol. The lowest BCUT2D eigenvalue weighted by Crippen LogP contribution is -2.22. The Labute approximate surface area is 114 Å². The Morgan fingerprint density at radius 3 is 2.53 bits per heavy atom. The van der Waals surface area contributed by atoms with Gasteiger partial charge in [-0.1, -0.05) is 32.1 Å². The van der Waals surface area contributed by atoms with Gasteiger partial charge in [0.2, 0.25) is 0 Å². The van der Waals surface area contributed by atoms with Gasteiger partial charge in [0.05, 0.1) is 5.69 Å². The Bertz CT molecular complexity index is 438. The van der Waals surface area contributed by atoms with Crippen molar-refractivity contribution in [3.8, 4) is 0 Å². The van der Waals surface area contributed by atoms with Crippen LogP contribution in [0.5, 0.6) is 0 Å². The van der Waals surface area contributed by atoms with Crippen LogP contribution in [0.25, 0.3) is 0 Å². The van der Waals surface area contributed by atoms with E-state index in [1.165, 1.54) is 38.3 Å². The van der Waals surface area contributed by atoms with E-state index in [2.05, 4.69) is 10.3 Å². The Balaban J connectivity index is 2.11. The number of pyridine rings is 1. The highest BCUT2D eigenvalue weighted by Gasteiger charge is 2.16. The summed E-state index contributed by atoms with van der Waals surface area (Å²) in [6, 6.07) is 2.22. The zero-order valence-corrected chi connectivity index (χ0v) is 11.5. The summed E-state index contributed by atoms with van der Waals surface area (Å²) in [5.41, 5.74) is 1.83. The third-order valence-electron chi connectivity index (χ3n) is 3.74. The first-order valence-corrected chi connectivity index (χ1v) is 7.13. The van der Waals surface area contributed by atoms with Crippen LogP contribution in [-0.4, -0.2) is 22.1 Å². The van der Waals surface area contributed by atoms with E-state index in [0.717, 1.165) is 18.5 Å². The molecule has 1 fully saturated rings. The number of nitrogens with one attached hydrogen (secondary N) is 1. The number of aromatic nitrogens is 1. The summed E-state index contributed by atoms with van der Waals surface area (Å²) < 4.78 is 0. The molecule has 1 aromatic heterocycles. The van der Waals surface area contributed by atoms with Crippen molar-refractivity contribution in [3.63, 3.8) is 0 Å². The fraction of sp³-hybridized carbons (Fsp3) is 0.600. The van der Waals surface area contributed by atoms with E-state index >= 15 is 0 Å². The maximum atomic E-state index is 11.2. The Hall–Kier alpha value is -1.58. The summed E-state index contributed by atoms with van der Waals surface area (Å²) in [6.45, 7) is 1.88. The number of aromatic carboxylic acids is 1. The first-order chi connectivity index (χ1) is 9.16. The molecule has 1 saturated carbocycles. The zero-order chi connectivity index (χ0) is 13.7. The largest absolute Gasteiger partial charge is 0.478 e. The van der Waals surface area contributed by atoms with E-state index in [1.54, 1.807) is 0 Å². The van der Waals surface area contributed by atoms with Crippen LogP contribution < -0.4 is 5.32 Å². The molecule has 1 aliphatic rings. The molecular weight excluding hydrogens is 240 g/mol. The summed E-state index contributed by atoms with van der Waals surface area (Å²) in [6.07, 6.45) is 10.1. The van der Waals surface area contributed by atoms with Crippen LogP contribution in [0.1, 0.15) is 61.0 Å². The summed E-state index contributed by atoms with van der Waals surface area (Å²) in [7, 11) is 0. The van der Waals surface area contributed by atoms with Crippen LogP contribution in [0.15, 0.2) is 12.3 Å². The molecule has 2 N–H and O–H groups in total. The average Bonchev–Trinajstić information content (AvgIpc) is 2.32. The number of hydrogen-bond acceptors (Lipinski definition) is 3. The van der Waals surface area contributed by atoms with Crippen LogP contribution in [0.2, 0.25) is 0 Å². The molecule has 0 aliphatic heterocycles. The quantitative estimate of drug-likeness (QED) is 0.873. The normalized spacial score (nSPS) is 17.5. The second kappa shape index (κ2) is 6.55. The predicted octanol–water partition coefficient (Wildman–Crippen LogP) is 3.61. The highest BCUT2D eigenvalue weighted by Crippen LogP contribution is 2.23. The number of carboxylic acids is 1. The van der Waals surface area contributed by atoms with Crippen LogP contribution in [0.3, 0.4) is 0 Å². The van der Waals surface area contributed by atoms with Crippen molar-refractivity contribution in [1.29, 1.82) is 0 Å². The number of nitrogens with zero attached hydrogens (tertiary/aromatic N) is 1. The molecule has 0 radical (unpaired) electrons. The van der Waals surface area contributed by atoms with Gasteiger partial charge in [-0.05, 0) is 25.8 Å². The number of aryl methyl sites for hydroxylation is 1. The minimum absolute atomic E-state index is 0.271. The molecule has 19 heavy (non-hydrogen) atoms. The van der Waals surface area contributed by atoms with Crippen molar-refractivity contribution >= 4 is 11.7 Å². The van der Waals surface area contributed by atoms with Gasteiger partial charge >= 0.3 is 5.97 Å². The lowest BCUT2D eigenvalue weighted by Gasteiger charge is -2.23. The van der Waals surface area contributed by atoms with Gasteiger partial charge < -0.3 is 10.4 Å². The summed E-state index contributed by atoms with van der Waals surface area (Å²) >= 11 is 0. The maximum absolute atomic E-state index is 11.2. The van der Waals surface area contributed by atoms with Gasteiger partial charge in [0.25, 0.3) is 0 Å². The summed E-state index contributed by atoms with van der Waals surface area (Å²) in [4.78, 5) is 15.3. The summed E-state index contributed by atoms with van der Waals surface area (Å²) in [5.74, 6) is -0.916. The lowest BCUT2D eigenvalue weighted by molar-refractivity contribution is 0.0697. The van der Waals surface area contributed by atoms with Crippen molar-refractivity contribution in [2.24, 2.45) is 0 Å². The Morgan fingerprint density at radius 1 is 1.26 bits per heavy atom. The third kappa shape index (κ3) is 3.94. The zero-order valence-electron chi connectivity index (χ0n) is 11.5. The van der Waals surface area contributed by atoms with E-state index in [9.17, 15) is 9.90 Å². The van der Waals surface area contributed by atoms with E-state index in [4.69, 9.17) is 0 Å². The van der Waals surface area contributed by atoms with Gasteiger partial charge in [-0.3, -0.25) is 4.98 Å². The van der Waals surface area contributed by atoms with Crippen LogP contribution in [-0.2, 0) is 0 Å². The molecule has 4 nitrogen and oxygen atoms in total. The monoisotopic (exact) mass is 262 g/mol. The molecule has 1 aliphatic carbocycles. The molecule has 1 heterocycles. The third-order valence-corrected chi connectivity index (χ3v) is 3.74. The molecule has 0 atom stereocenters. The Morgan fingerprint density at radius 2 is 1.89 bits per heavy atom. The lowest BCUT2D eigenvalue weighted by atomic mass is 9.96. The number of hydrogen-bond donors (Lipinski definition) is 2. The van der Waals surface area contributed by atoms with Gasteiger partial charge in [0.1, 0.15) is 5.56 Å². The second-order valence-corrected chi connectivity index (χ2v) is 5.36. The fourth-order valence-electron chi connectivity index (χ4n) is 2.67. The second-order valence-electron chi connectivity index (χ2n) is 5.36. The molecule has 0 unspecified atom stereocenters.